The predicted octanol–water partition coefficient (Wildman–Crippen LogP) is 2.79. The van der Waals surface area contributed by atoms with Crippen LogP contribution >= 0.6 is 15.9 Å². The summed E-state index contributed by atoms with van der Waals surface area (Å²) >= 11 is 3.24. The molecule has 0 unspecified atom stereocenters. The molecule has 8 heteroatoms. The molecule has 0 saturated heterocycles. The summed E-state index contributed by atoms with van der Waals surface area (Å²) in [6, 6.07) is 4.51. The lowest BCUT2D eigenvalue weighted by Gasteiger charge is -2.09. The third-order valence-electron chi connectivity index (χ3n) is 2.44. The highest BCUT2D eigenvalue weighted by Crippen LogP contribution is 2.37. The number of hydrogen-bond acceptors (Lipinski definition) is 6. The summed E-state index contributed by atoms with van der Waals surface area (Å²) in [6.45, 7) is 3.53. The van der Waals surface area contributed by atoms with Crippen LogP contribution in [0.25, 0.3) is 0 Å². The van der Waals surface area contributed by atoms with E-state index in [2.05, 4.69) is 26.5 Å². The van der Waals surface area contributed by atoms with Crippen molar-refractivity contribution in [1.82, 2.24) is 0 Å². The number of hydrazone groups is 1. The quantitative estimate of drug-likeness (QED) is 0.522. The van der Waals surface area contributed by atoms with Crippen LogP contribution in [-0.4, -0.2) is 10.6 Å². The Morgan fingerprint density at radius 2 is 2.05 bits per heavy atom. The highest BCUT2D eigenvalue weighted by molar-refractivity contribution is 9.10. The number of halogens is 1. The first-order valence-corrected chi connectivity index (χ1v) is 5.79. The molecule has 0 radical (unpaired) electrons. The molecular formula is C11H8BrN5O2. The minimum Gasteiger partial charge on any atom is -0.269 e. The van der Waals surface area contributed by atoms with Crippen LogP contribution in [0, 0.1) is 46.6 Å². The largest absolute Gasteiger partial charge is 0.295 e. The Kier molecular flexibility index (Phi) is 4.56. The lowest BCUT2D eigenvalue weighted by atomic mass is 10.1. The average Bonchev–Trinajstić information content (AvgIpc) is 2.38. The number of anilines is 1. The fourth-order valence-electron chi connectivity index (χ4n) is 1.30. The molecule has 0 spiro atoms. The number of aryl methyl sites for hydroxylation is 1. The van der Waals surface area contributed by atoms with Crippen LogP contribution in [0.15, 0.2) is 15.6 Å². The molecule has 96 valence electrons. The first-order chi connectivity index (χ1) is 8.92. The maximum Gasteiger partial charge on any atom is 0.295 e. The van der Waals surface area contributed by atoms with Crippen LogP contribution in [0.5, 0.6) is 0 Å². The van der Waals surface area contributed by atoms with Crippen molar-refractivity contribution in [1.29, 1.82) is 10.5 Å². The fourth-order valence-corrected chi connectivity index (χ4v) is 1.90. The van der Waals surface area contributed by atoms with Crippen LogP contribution in [-0.2, 0) is 0 Å². The summed E-state index contributed by atoms with van der Waals surface area (Å²) in [7, 11) is 0. The van der Waals surface area contributed by atoms with Gasteiger partial charge < -0.3 is 0 Å². The van der Waals surface area contributed by atoms with E-state index in [0.29, 0.717) is 4.47 Å². The molecule has 1 rings (SSSR count). The molecule has 0 aromatic heterocycles. The van der Waals surface area contributed by atoms with Gasteiger partial charge in [-0.25, -0.2) is 0 Å². The molecule has 7 nitrogen and oxygen atoms in total. The Balaban J connectivity index is 3.39. The summed E-state index contributed by atoms with van der Waals surface area (Å²) in [5, 5.41) is 31.6. The van der Waals surface area contributed by atoms with Crippen LogP contribution < -0.4 is 5.43 Å². The van der Waals surface area contributed by atoms with Crippen molar-refractivity contribution in [3.63, 3.8) is 0 Å². The van der Waals surface area contributed by atoms with Crippen LogP contribution in [0.3, 0.4) is 0 Å². The molecule has 0 saturated carbocycles. The van der Waals surface area contributed by atoms with Gasteiger partial charge in [-0.1, -0.05) is 0 Å². The lowest BCUT2D eigenvalue weighted by Crippen LogP contribution is -2.02. The summed E-state index contributed by atoms with van der Waals surface area (Å²) in [4.78, 5) is 10.4. The van der Waals surface area contributed by atoms with Crippen LogP contribution in [0.4, 0.5) is 11.4 Å². The number of rotatable bonds is 3. The molecule has 1 N–H and O–H groups in total. The Labute approximate surface area is 117 Å². The van der Waals surface area contributed by atoms with Crippen molar-refractivity contribution in [3.05, 3.63) is 31.8 Å². The zero-order valence-electron chi connectivity index (χ0n) is 10.1. The van der Waals surface area contributed by atoms with E-state index in [0.717, 1.165) is 11.1 Å². The maximum atomic E-state index is 11.0. The Bertz CT molecular complexity index is 639. The van der Waals surface area contributed by atoms with E-state index in [4.69, 9.17) is 10.5 Å². The Hall–Kier alpha value is -2.45. The second kappa shape index (κ2) is 5.94. The second-order valence-electron chi connectivity index (χ2n) is 3.58. The number of nitrogens with one attached hydrogen (secondary N) is 1. The van der Waals surface area contributed by atoms with E-state index >= 15 is 0 Å². The standard InChI is InChI=1S/C11H8BrN5O2/c1-6-3-9(17(18)19)11(10(12)7(6)2)16-15-8(4-13)5-14/h3,16H,1-2H3. The Morgan fingerprint density at radius 1 is 1.47 bits per heavy atom. The lowest BCUT2D eigenvalue weighted by molar-refractivity contribution is -0.384. The summed E-state index contributed by atoms with van der Waals surface area (Å²) in [5.74, 6) is 0. The second-order valence-corrected chi connectivity index (χ2v) is 4.37. The van der Waals surface area contributed by atoms with Crippen LogP contribution in [0.2, 0.25) is 0 Å². The molecule has 0 aliphatic carbocycles. The smallest absolute Gasteiger partial charge is 0.269 e. The topological polar surface area (TPSA) is 115 Å². The van der Waals surface area contributed by atoms with E-state index in [-0.39, 0.29) is 11.4 Å². The van der Waals surface area contributed by atoms with E-state index in [1.165, 1.54) is 6.07 Å². The first kappa shape index (κ1) is 14.6. The number of nitro groups is 1. The van der Waals surface area contributed by atoms with E-state index in [1.54, 1.807) is 26.0 Å². The molecule has 1 aromatic rings. The highest BCUT2D eigenvalue weighted by atomic mass is 79.9. The summed E-state index contributed by atoms with van der Waals surface area (Å²) < 4.78 is 0.471. The summed E-state index contributed by atoms with van der Waals surface area (Å²) in [5.41, 5.74) is 3.44. The molecule has 0 aliphatic rings. The number of nitrogens with zero attached hydrogens (tertiary/aromatic N) is 4. The van der Waals surface area contributed by atoms with Gasteiger partial charge in [-0.3, -0.25) is 15.5 Å². The number of nitriles is 2. The third-order valence-corrected chi connectivity index (χ3v) is 3.43. The van der Waals surface area contributed by atoms with Gasteiger partial charge in [-0.15, -0.1) is 0 Å². The number of nitro benzene ring substituents is 1. The predicted molar refractivity (Wildman–Crippen MR) is 72.6 cm³/mol. The zero-order valence-corrected chi connectivity index (χ0v) is 11.6. The molecule has 0 fully saturated rings. The van der Waals surface area contributed by atoms with Gasteiger partial charge in [0.25, 0.3) is 5.69 Å². The number of hydrogen-bond donors (Lipinski definition) is 1. The molecular weight excluding hydrogens is 314 g/mol. The normalized spacial score (nSPS) is 9.11. The molecule has 0 heterocycles. The molecule has 0 aliphatic heterocycles. The van der Waals surface area contributed by atoms with Crippen molar-refractivity contribution in [3.8, 4) is 12.1 Å². The molecule has 1 aromatic carbocycles. The van der Waals surface area contributed by atoms with Gasteiger partial charge in [0.2, 0.25) is 5.71 Å². The van der Waals surface area contributed by atoms with Gasteiger partial charge in [-0.2, -0.15) is 15.6 Å². The van der Waals surface area contributed by atoms with Crippen molar-refractivity contribution >= 4 is 33.0 Å². The van der Waals surface area contributed by atoms with E-state index in [1.807, 2.05) is 0 Å². The van der Waals surface area contributed by atoms with Crippen molar-refractivity contribution in [2.45, 2.75) is 13.8 Å². The van der Waals surface area contributed by atoms with Gasteiger partial charge >= 0.3 is 0 Å². The monoisotopic (exact) mass is 321 g/mol. The van der Waals surface area contributed by atoms with E-state index < -0.39 is 10.6 Å². The van der Waals surface area contributed by atoms with Crippen molar-refractivity contribution in [2.75, 3.05) is 5.43 Å². The van der Waals surface area contributed by atoms with Gasteiger partial charge in [-0.05, 0) is 40.9 Å². The minimum atomic E-state index is -0.562. The molecule has 0 bridgehead atoms. The molecule has 0 atom stereocenters. The van der Waals surface area contributed by atoms with Crippen molar-refractivity contribution in [2.24, 2.45) is 5.10 Å². The fraction of sp³-hybridized carbons (Fsp3) is 0.182. The Morgan fingerprint density at radius 3 is 2.53 bits per heavy atom. The van der Waals surface area contributed by atoms with Crippen LogP contribution in [0.1, 0.15) is 11.1 Å². The highest BCUT2D eigenvalue weighted by Gasteiger charge is 2.20. The summed E-state index contributed by atoms with van der Waals surface area (Å²) in [6.07, 6.45) is 0. The molecule has 0 amide bonds. The first-order valence-electron chi connectivity index (χ1n) is 5.00. The average molecular weight is 322 g/mol. The minimum absolute atomic E-state index is 0.107. The SMILES string of the molecule is Cc1cc([N+](=O)[O-])c(NN=C(C#N)C#N)c(Br)c1C. The third kappa shape index (κ3) is 3.06. The van der Waals surface area contributed by atoms with Crippen molar-refractivity contribution < 1.29 is 4.92 Å². The zero-order chi connectivity index (χ0) is 14.6. The maximum absolute atomic E-state index is 11.0. The number of benzene rings is 1. The van der Waals surface area contributed by atoms with Gasteiger partial charge in [0.05, 0.1) is 9.40 Å². The van der Waals surface area contributed by atoms with Gasteiger partial charge in [0, 0.05) is 6.07 Å². The van der Waals surface area contributed by atoms with E-state index in [9.17, 15) is 10.1 Å². The van der Waals surface area contributed by atoms with Gasteiger partial charge in [0.15, 0.2) is 0 Å². The van der Waals surface area contributed by atoms with Gasteiger partial charge in [0.1, 0.15) is 17.8 Å². The molecule has 19 heavy (non-hydrogen) atoms.